The zero-order valence-electron chi connectivity index (χ0n) is 18.2. The summed E-state index contributed by atoms with van der Waals surface area (Å²) >= 11 is 0. The standard InChI is InChI=1S/C27H23NO4/c1-4-32-27(31)23-22(25(29)19-12-8-17(2)9-13-19)21-7-5-6-16-28(21)24(23)26(30)20-14-10-18(3)11-15-20/h5-16H,4H2,1-3H3. The number of aromatic nitrogens is 1. The Labute approximate surface area is 186 Å². The fraction of sp³-hybridized carbons (Fsp3) is 0.148. The van der Waals surface area contributed by atoms with Crippen LogP contribution in [0.25, 0.3) is 5.52 Å². The molecule has 2 heterocycles. The minimum Gasteiger partial charge on any atom is -0.462 e. The third kappa shape index (κ3) is 3.73. The van der Waals surface area contributed by atoms with Gasteiger partial charge in [0.15, 0.2) is 5.78 Å². The second-order valence-electron chi connectivity index (χ2n) is 7.67. The van der Waals surface area contributed by atoms with Crippen molar-refractivity contribution >= 4 is 23.1 Å². The number of hydrogen-bond donors (Lipinski definition) is 0. The summed E-state index contributed by atoms with van der Waals surface area (Å²) in [6.07, 6.45) is 1.69. The zero-order chi connectivity index (χ0) is 22.8. The molecule has 2 aromatic carbocycles. The zero-order valence-corrected chi connectivity index (χ0v) is 18.2. The average molecular weight is 425 g/mol. The third-order valence-electron chi connectivity index (χ3n) is 5.39. The molecule has 0 atom stereocenters. The highest BCUT2D eigenvalue weighted by Gasteiger charge is 2.32. The van der Waals surface area contributed by atoms with E-state index < -0.39 is 5.97 Å². The summed E-state index contributed by atoms with van der Waals surface area (Å²) in [7, 11) is 0. The molecule has 32 heavy (non-hydrogen) atoms. The number of ether oxygens (including phenoxy) is 1. The number of aryl methyl sites for hydroxylation is 2. The highest BCUT2D eigenvalue weighted by atomic mass is 16.5. The smallest absolute Gasteiger partial charge is 0.341 e. The van der Waals surface area contributed by atoms with E-state index in [0.717, 1.165) is 11.1 Å². The van der Waals surface area contributed by atoms with Crippen molar-refractivity contribution in [1.29, 1.82) is 0 Å². The number of hydrogen-bond acceptors (Lipinski definition) is 4. The van der Waals surface area contributed by atoms with Crippen LogP contribution in [0.1, 0.15) is 60.4 Å². The van der Waals surface area contributed by atoms with Crippen molar-refractivity contribution in [2.75, 3.05) is 6.61 Å². The molecular formula is C27H23NO4. The van der Waals surface area contributed by atoms with Gasteiger partial charge in [0.1, 0.15) is 11.3 Å². The quantitative estimate of drug-likeness (QED) is 0.315. The van der Waals surface area contributed by atoms with Crippen molar-refractivity contribution in [2.45, 2.75) is 20.8 Å². The minimum atomic E-state index is -0.692. The van der Waals surface area contributed by atoms with Gasteiger partial charge < -0.3 is 9.14 Å². The molecule has 0 unspecified atom stereocenters. The summed E-state index contributed by atoms with van der Waals surface area (Å²) in [5, 5.41) is 0. The van der Waals surface area contributed by atoms with Crippen LogP contribution in [0.15, 0.2) is 72.9 Å². The van der Waals surface area contributed by atoms with Crippen molar-refractivity contribution in [3.05, 3.63) is 112 Å². The van der Waals surface area contributed by atoms with Crippen LogP contribution in [0.4, 0.5) is 0 Å². The van der Waals surface area contributed by atoms with Gasteiger partial charge >= 0.3 is 5.97 Å². The maximum Gasteiger partial charge on any atom is 0.341 e. The van der Waals surface area contributed by atoms with Crippen molar-refractivity contribution in [1.82, 2.24) is 4.40 Å². The SMILES string of the molecule is CCOC(=O)c1c(C(=O)c2ccc(C)cc2)c2ccccn2c1C(=O)c1ccc(C)cc1. The lowest BCUT2D eigenvalue weighted by Gasteiger charge is -2.08. The van der Waals surface area contributed by atoms with Crippen LogP contribution in [0, 0.1) is 13.8 Å². The van der Waals surface area contributed by atoms with Gasteiger partial charge in [0, 0.05) is 17.3 Å². The Morgan fingerprint density at radius 3 is 1.88 bits per heavy atom. The molecule has 5 heteroatoms. The summed E-state index contributed by atoms with van der Waals surface area (Å²) in [6, 6.07) is 19.5. The number of esters is 1. The van der Waals surface area contributed by atoms with Gasteiger partial charge in [-0.15, -0.1) is 0 Å². The molecule has 160 valence electrons. The van der Waals surface area contributed by atoms with Crippen LogP contribution in [0.5, 0.6) is 0 Å². The molecule has 0 saturated carbocycles. The molecule has 0 spiro atoms. The molecule has 5 nitrogen and oxygen atoms in total. The van der Waals surface area contributed by atoms with Gasteiger partial charge in [-0.25, -0.2) is 4.79 Å². The van der Waals surface area contributed by atoms with E-state index in [-0.39, 0.29) is 35.0 Å². The van der Waals surface area contributed by atoms with E-state index in [0.29, 0.717) is 16.6 Å². The van der Waals surface area contributed by atoms with E-state index in [9.17, 15) is 14.4 Å². The van der Waals surface area contributed by atoms with E-state index >= 15 is 0 Å². The van der Waals surface area contributed by atoms with Gasteiger partial charge in [-0.3, -0.25) is 9.59 Å². The lowest BCUT2D eigenvalue weighted by atomic mass is 9.96. The van der Waals surface area contributed by atoms with Gasteiger partial charge in [-0.2, -0.15) is 0 Å². The number of benzene rings is 2. The van der Waals surface area contributed by atoms with Gasteiger partial charge in [0.2, 0.25) is 5.78 Å². The first kappa shape index (κ1) is 21.2. The van der Waals surface area contributed by atoms with E-state index in [1.165, 1.54) is 0 Å². The Morgan fingerprint density at radius 1 is 0.750 bits per heavy atom. The number of rotatable bonds is 6. The average Bonchev–Trinajstić information content (AvgIpc) is 3.14. The summed E-state index contributed by atoms with van der Waals surface area (Å²) < 4.78 is 6.90. The minimum absolute atomic E-state index is 0.00537. The highest BCUT2D eigenvalue weighted by molar-refractivity contribution is 6.24. The Morgan fingerprint density at radius 2 is 1.31 bits per heavy atom. The van der Waals surface area contributed by atoms with Crippen molar-refractivity contribution < 1.29 is 19.1 Å². The summed E-state index contributed by atoms with van der Waals surface area (Å²) in [5.41, 5.74) is 3.67. The first-order valence-electron chi connectivity index (χ1n) is 10.4. The van der Waals surface area contributed by atoms with Crippen LogP contribution >= 0.6 is 0 Å². The fourth-order valence-electron chi connectivity index (χ4n) is 3.75. The number of carbonyl (C=O) groups excluding carboxylic acids is 3. The molecule has 0 aliphatic rings. The van der Waals surface area contributed by atoms with Crippen LogP contribution in [0.3, 0.4) is 0 Å². The molecule has 0 fully saturated rings. The Kier molecular flexibility index (Phi) is 5.73. The lowest BCUT2D eigenvalue weighted by Crippen LogP contribution is -2.16. The molecule has 0 aliphatic carbocycles. The van der Waals surface area contributed by atoms with E-state index in [1.807, 2.05) is 38.1 Å². The second-order valence-corrected chi connectivity index (χ2v) is 7.67. The maximum absolute atomic E-state index is 13.6. The second kappa shape index (κ2) is 8.63. The third-order valence-corrected chi connectivity index (χ3v) is 5.39. The highest BCUT2D eigenvalue weighted by Crippen LogP contribution is 2.29. The predicted molar refractivity (Wildman–Crippen MR) is 123 cm³/mol. The van der Waals surface area contributed by atoms with Crippen molar-refractivity contribution in [3.63, 3.8) is 0 Å². The number of nitrogens with zero attached hydrogens (tertiary/aromatic N) is 1. The van der Waals surface area contributed by atoms with Crippen LogP contribution in [-0.4, -0.2) is 28.5 Å². The lowest BCUT2D eigenvalue weighted by molar-refractivity contribution is 0.0521. The maximum atomic E-state index is 13.6. The van der Waals surface area contributed by atoms with Crippen molar-refractivity contribution in [2.24, 2.45) is 0 Å². The molecule has 0 aliphatic heterocycles. The molecular weight excluding hydrogens is 402 g/mol. The van der Waals surface area contributed by atoms with Crippen molar-refractivity contribution in [3.8, 4) is 0 Å². The first-order valence-corrected chi connectivity index (χ1v) is 10.4. The van der Waals surface area contributed by atoms with Gasteiger partial charge in [-0.1, -0.05) is 65.7 Å². The molecule has 4 aromatic rings. The molecule has 0 radical (unpaired) electrons. The number of carbonyl (C=O) groups is 3. The number of fused-ring (bicyclic) bond motifs is 1. The fourth-order valence-corrected chi connectivity index (χ4v) is 3.75. The van der Waals surface area contributed by atoms with Gasteiger partial charge in [-0.05, 0) is 32.9 Å². The number of ketones is 2. The molecule has 0 N–H and O–H groups in total. The topological polar surface area (TPSA) is 64.8 Å². The molecule has 0 bridgehead atoms. The van der Waals surface area contributed by atoms with Crippen LogP contribution in [0.2, 0.25) is 0 Å². The van der Waals surface area contributed by atoms with Gasteiger partial charge in [0.05, 0.1) is 17.7 Å². The Balaban J connectivity index is 2.01. The molecule has 4 rings (SSSR count). The van der Waals surface area contributed by atoms with E-state index in [1.54, 1.807) is 60.0 Å². The van der Waals surface area contributed by atoms with Crippen LogP contribution in [-0.2, 0) is 4.74 Å². The van der Waals surface area contributed by atoms with E-state index in [4.69, 9.17) is 4.74 Å². The van der Waals surface area contributed by atoms with E-state index in [2.05, 4.69) is 0 Å². The summed E-state index contributed by atoms with van der Waals surface area (Å²) in [5.74, 6) is -1.38. The summed E-state index contributed by atoms with van der Waals surface area (Å²) in [4.78, 5) is 40.3. The first-order chi connectivity index (χ1) is 15.4. The number of pyridine rings is 1. The molecule has 0 amide bonds. The normalized spacial score (nSPS) is 10.8. The van der Waals surface area contributed by atoms with Gasteiger partial charge in [0.25, 0.3) is 0 Å². The molecule has 2 aromatic heterocycles. The Hall–Kier alpha value is -3.99. The monoisotopic (exact) mass is 425 g/mol. The Bertz CT molecular complexity index is 1230. The summed E-state index contributed by atoms with van der Waals surface area (Å²) in [6.45, 7) is 5.69. The largest absolute Gasteiger partial charge is 0.462 e. The predicted octanol–water partition coefficient (Wildman–Crippen LogP) is 5.19. The molecule has 0 saturated heterocycles. The van der Waals surface area contributed by atoms with Crippen LogP contribution < -0.4 is 0 Å².